The molecule has 0 aliphatic carbocycles. The van der Waals surface area contributed by atoms with Crippen LogP contribution in [0.5, 0.6) is 5.75 Å². The van der Waals surface area contributed by atoms with Crippen LogP contribution in [-0.4, -0.2) is 6.61 Å². The van der Waals surface area contributed by atoms with E-state index in [1.165, 1.54) is 11.1 Å². The van der Waals surface area contributed by atoms with E-state index in [1.807, 2.05) is 18.2 Å². The van der Waals surface area contributed by atoms with Crippen LogP contribution >= 0.6 is 0 Å². The quantitative estimate of drug-likeness (QED) is 0.661. The summed E-state index contributed by atoms with van der Waals surface area (Å²) >= 11 is 0. The second-order valence-corrected chi connectivity index (χ2v) is 5.75. The van der Waals surface area contributed by atoms with Crippen LogP contribution in [0.25, 0.3) is 0 Å². The minimum Gasteiger partial charge on any atom is -0.494 e. The molecule has 1 atom stereocenters. The number of ether oxygens (including phenoxy) is 1. The number of rotatable bonds is 7. The van der Waals surface area contributed by atoms with E-state index in [4.69, 9.17) is 4.74 Å². The minimum absolute atomic E-state index is 0.0143. The van der Waals surface area contributed by atoms with Crippen LogP contribution in [0.2, 0.25) is 0 Å². The van der Waals surface area contributed by atoms with Crippen molar-refractivity contribution in [1.29, 1.82) is 5.26 Å². The van der Waals surface area contributed by atoms with E-state index in [9.17, 15) is 5.26 Å². The van der Waals surface area contributed by atoms with Gasteiger partial charge in [-0.1, -0.05) is 42.0 Å². The van der Waals surface area contributed by atoms with Crippen LogP contribution in [0.4, 0.5) is 0 Å². The van der Waals surface area contributed by atoms with Crippen molar-refractivity contribution in [2.75, 3.05) is 6.61 Å². The third-order valence-electron chi connectivity index (χ3n) is 3.78. The van der Waals surface area contributed by atoms with E-state index in [0.717, 1.165) is 30.6 Å². The van der Waals surface area contributed by atoms with Gasteiger partial charge in [-0.05, 0) is 56.4 Å². The molecule has 2 nitrogen and oxygen atoms in total. The molecule has 114 valence electrons. The van der Waals surface area contributed by atoms with Gasteiger partial charge in [0, 0.05) is 0 Å². The molecule has 22 heavy (non-hydrogen) atoms. The van der Waals surface area contributed by atoms with Crippen LogP contribution in [-0.2, 0) is 0 Å². The van der Waals surface area contributed by atoms with Gasteiger partial charge in [0.15, 0.2) is 0 Å². The first-order valence-electron chi connectivity index (χ1n) is 7.84. The lowest BCUT2D eigenvalue weighted by molar-refractivity contribution is 0.304. The lowest BCUT2D eigenvalue weighted by Gasteiger charge is -2.10. The largest absolute Gasteiger partial charge is 0.494 e. The summed E-state index contributed by atoms with van der Waals surface area (Å²) in [7, 11) is 0. The number of unbranched alkanes of at least 4 members (excludes halogenated alkanes) is 1. The Morgan fingerprint density at radius 3 is 2.45 bits per heavy atom. The van der Waals surface area contributed by atoms with E-state index in [-0.39, 0.29) is 5.92 Å². The van der Waals surface area contributed by atoms with Crippen LogP contribution in [0.3, 0.4) is 0 Å². The summed E-state index contributed by atoms with van der Waals surface area (Å²) in [6.07, 6.45) is 2.85. The Morgan fingerprint density at radius 1 is 1.00 bits per heavy atom. The molecule has 1 unspecified atom stereocenters. The number of nitrogens with zero attached hydrogens (tertiary/aromatic N) is 1. The molecule has 0 aliphatic rings. The molecule has 0 bridgehead atoms. The van der Waals surface area contributed by atoms with Gasteiger partial charge in [0.05, 0.1) is 18.6 Å². The third-order valence-corrected chi connectivity index (χ3v) is 3.78. The molecule has 0 aromatic heterocycles. The topological polar surface area (TPSA) is 33.0 Å². The first-order valence-corrected chi connectivity index (χ1v) is 7.84. The lowest BCUT2D eigenvalue weighted by Crippen LogP contribution is -2.00. The van der Waals surface area contributed by atoms with Crippen LogP contribution in [0, 0.1) is 25.2 Å². The number of benzene rings is 2. The molecule has 0 saturated heterocycles. The predicted molar refractivity (Wildman–Crippen MR) is 90.1 cm³/mol. The van der Waals surface area contributed by atoms with E-state index in [2.05, 4.69) is 50.2 Å². The van der Waals surface area contributed by atoms with Gasteiger partial charge in [0.1, 0.15) is 5.75 Å². The van der Waals surface area contributed by atoms with Crippen molar-refractivity contribution >= 4 is 0 Å². The average molecular weight is 293 g/mol. The molecule has 0 heterocycles. The van der Waals surface area contributed by atoms with Crippen LogP contribution in [0.1, 0.15) is 41.9 Å². The Balaban J connectivity index is 1.73. The maximum Gasteiger partial charge on any atom is 0.119 e. The predicted octanol–water partition coefficient (Wildman–Crippen LogP) is 5.16. The highest BCUT2D eigenvalue weighted by Crippen LogP contribution is 2.22. The smallest absolute Gasteiger partial charge is 0.119 e. The lowest BCUT2D eigenvalue weighted by atomic mass is 9.94. The monoisotopic (exact) mass is 293 g/mol. The van der Waals surface area contributed by atoms with E-state index < -0.39 is 0 Å². The van der Waals surface area contributed by atoms with Crippen molar-refractivity contribution in [3.05, 3.63) is 65.2 Å². The molecule has 2 aromatic carbocycles. The molecule has 0 fully saturated rings. The molecular weight excluding hydrogens is 270 g/mol. The van der Waals surface area contributed by atoms with Crippen molar-refractivity contribution < 1.29 is 4.74 Å². The average Bonchev–Trinajstić information content (AvgIpc) is 2.52. The fourth-order valence-corrected chi connectivity index (χ4v) is 2.45. The third kappa shape index (κ3) is 4.93. The second kappa shape index (κ2) is 8.24. The van der Waals surface area contributed by atoms with E-state index in [0.29, 0.717) is 6.61 Å². The molecule has 2 rings (SSSR count). The van der Waals surface area contributed by atoms with Crippen molar-refractivity contribution in [1.82, 2.24) is 0 Å². The molecule has 0 radical (unpaired) electrons. The van der Waals surface area contributed by atoms with Gasteiger partial charge in [-0.2, -0.15) is 5.26 Å². The molecule has 0 saturated carbocycles. The van der Waals surface area contributed by atoms with E-state index in [1.54, 1.807) is 0 Å². The number of nitriles is 1. The van der Waals surface area contributed by atoms with Gasteiger partial charge < -0.3 is 4.74 Å². The zero-order chi connectivity index (χ0) is 15.8. The highest BCUT2D eigenvalue weighted by molar-refractivity contribution is 5.28. The normalized spacial score (nSPS) is 11.7. The maximum absolute atomic E-state index is 9.33. The molecular formula is C20H23NO. The van der Waals surface area contributed by atoms with Gasteiger partial charge in [-0.3, -0.25) is 0 Å². The van der Waals surface area contributed by atoms with Gasteiger partial charge in [-0.15, -0.1) is 0 Å². The van der Waals surface area contributed by atoms with Gasteiger partial charge in [0.25, 0.3) is 0 Å². The summed E-state index contributed by atoms with van der Waals surface area (Å²) < 4.78 is 5.74. The fourth-order valence-electron chi connectivity index (χ4n) is 2.45. The second-order valence-electron chi connectivity index (χ2n) is 5.75. The van der Waals surface area contributed by atoms with Crippen molar-refractivity contribution in [2.45, 2.75) is 39.0 Å². The number of hydrogen-bond acceptors (Lipinski definition) is 2. The molecule has 2 aromatic rings. The highest BCUT2D eigenvalue weighted by Gasteiger charge is 2.09. The summed E-state index contributed by atoms with van der Waals surface area (Å²) in [6.45, 7) is 4.83. The van der Waals surface area contributed by atoms with Gasteiger partial charge >= 0.3 is 0 Å². The molecule has 2 heteroatoms. The summed E-state index contributed by atoms with van der Waals surface area (Å²) in [5.74, 6) is 0.912. The molecule has 0 spiro atoms. The Hall–Kier alpha value is -2.27. The molecule has 0 N–H and O–H groups in total. The Morgan fingerprint density at radius 2 is 1.77 bits per heavy atom. The molecule has 0 amide bonds. The summed E-state index contributed by atoms with van der Waals surface area (Å²) in [5.41, 5.74) is 3.56. The number of hydrogen-bond donors (Lipinski definition) is 0. The van der Waals surface area contributed by atoms with Crippen molar-refractivity contribution in [3.8, 4) is 11.8 Å². The summed E-state index contributed by atoms with van der Waals surface area (Å²) in [4.78, 5) is 0. The fraction of sp³-hybridized carbons (Fsp3) is 0.350. The van der Waals surface area contributed by atoms with Crippen molar-refractivity contribution in [2.24, 2.45) is 0 Å². The van der Waals surface area contributed by atoms with Gasteiger partial charge in [0.2, 0.25) is 0 Å². The van der Waals surface area contributed by atoms with Gasteiger partial charge in [-0.25, -0.2) is 0 Å². The first kappa shape index (κ1) is 16.1. The van der Waals surface area contributed by atoms with Crippen LogP contribution in [0.15, 0.2) is 48.5 Å². The summed E-state index contributed by atoms with van der Waals surface area (Å²) in [6, 6.07) is 18.8. The first-order chi connectivity index (χ1) is 10.7. The zero-order valence-electron chi connectivity index (χ0n) is 13.4. The summed E-state index contributed by atoms with van der Waals surface area (Å²) in [5, 5.41) is 9.33. The Bertz CT molecular complexity index is 625. The highest BCUT2D eigenvalue weighted by atomic mass is 16.5. The standard InChI is InChI=1S/C20H23NO/c1-16-9-11-18(12-10-16)19(15-21)7-3-4-13-22-20-8-5-6-17(2)14-20/h5-6,8-12,14,19H,3-4,7,13H2,1-2H3. The Kier molecular flexibility index (Phi) is 6.03. The van der Waals surface area contributed by atoms with Crippen LogP contribution < -0.4 is 4.74 Å². The minimum atomic E-state index is -0.0143. The Labute approximate surface area is 133 Å². The number of aryl methyl sites for hydroxylation is 2. The SMILES string of the molecule is Cc1ccc(C(C#N)CCCCOc2cccc(C)c2)cc1. The van der Waals surface area contributed by atoms with E-state index >= 15 is 0 Å². The van der Waals surface area contributed by atoms with Crippen molar-refractivity contribution in [3.63, 3.8) is 0 Å². The molecule has 0 aliphatic heterocycles. The zero-order valence-corrected chi connectivity index (χ0v) is 13.4. The maximum atomic E-state index is 9.33.